The fourth-order valence-corrected chi connectivity index (χ4v) is 3.13. The molecule has 8 nitrogen and oxygen atoms in total. The molecule has 1 amide bonds. The summed E-state index contributed by atoms with van der Waals surface area (Å²) >= 11 is 0. The smallest absolute Gasteiger partial charge is 0.410 e. The number of aromatic hydroxyl groups is 1. The number of carbonyl (C=O) groups is 1. The molecular formula is C17H23N5O3. The predicted molar refractivity (Wildman–Crippen MR) is 90.8 cm³/mol. The van der Waals surface area contributed by atoms with Gasteiger partial charge < -0.3 is 14.7 Å². The summed E-state index contributed by atoms with van der Waals surface area (Å²) < 4.78 is 7.14. The SMILES string of the molecule is Cc1nc(-c2cnn(C)c2COC(=O)N(C)C2CCCC2)cnc1O. The van der Waals surface area contributed by atoms with Crippen molar-refractivity contribution in [2.24, 2.45) is 7.05 Å². The van der Waals surface area contributed by atoms with Gasteiger partial charge in [-0.25, -0.2) is 14.8 Å². The Kier molecular flexibility index (Phi) is 4.87. The van der Waals surface area contributed by atoms with Crippen molar-refractivity contribution in [3.05, 3.63) is 23.8 Å². The molecule has 1 N–H and O–H groups in total. The summed E-state index contributed by atoms with van der Waals surface area (Å²) in [6.45, 7) is 1.78. The van der Waals surface area contributed by atoms with E-state index in [0.29, 0.717) is 11.4 Å². The van der Waals surface area contributed by atoms with Crippen molar-refractivity contribution in [3.8, 4) is 17.1 Å². The van der Waals surface area contributed by atoms with E-state index in [1.807, 2.05) is 0 Å². The quantitative estimate of drug-likeness (QED) is 0.914. The van der Waals surface area contributed by atoms with Crippen molar-refractivity contribution in [1.29, 1.82) is 0 Å². The van der Waals surface area contributed by atoms with Crippen LogP contribution in [0.1, 0.15) is 37.1 Å². The molecule has 0 spiro atoms. The van der Waals surface area contributed by atoms with Gasteiger partial charge in [0.1, 0.15) is 6.61 Å². The summed E-state index contributed by atoms with van der Waals surface area (Å²) in [6.07, 6.45) is 7.20. The summed E-state index contributed by atoms with van der Waals surface area (Å²) in [4.78, 5) is 22.2. The van der Waals surface area contributed by atoms with Crippen LogP contribution >= 0.6 is 0 Å². The number of rotatable bonds is 4. The first-order valence-corrected chi connectivity index (χ1v) is 8.40. The Labute approximate surface area is 146 Å². The maximum Gasteiger partial charge on any atom is 0.410 e. The predicted octanol–water partition coefficient (Wildman–Crippen LogP) is 2.40. The van der Waals surface area contributed by atoms with Crippen LogP contribution in [0.2, 0.25) is 0 Å². The first-order chi connectivity index (χ1) is 12.0. The van der Waals surface area contributed by atoms with E-state index in [1.165, 1.54) is 6.20 Å². The van der Waals surface area contributed by atoms with Crippen LogP contribution in [0.3, 0.4) is 0 Å². The van der Waals surface area contributed by atoms with Crippen LogP contribution in [0.5, 0.6) is 5.88 Å². The first kappa shape index (κ1) is 17.2. The summed E-state index contributed by atoms with van der Waals surface area (Å²) in [5, 5.41) is 13.8. The van der Waals surface area contributed by atoms with Gasteiger partial charge in [0.2, 0.25) is 5.88 Å². The molecule has 1 fully saturated rings. The molecule has 1 aliphatic rings. The lowest BCUT2D eigenvalue weighted by Crippen LogP contribution is -2.35. The summed E-state index contributed by atoms with van der Waals surface area (Å²) in [5.41, 5.74) is 2.48. The zero-order valence-corrected chi connectivity index (χ0v) is 14.8. The standard InChI is InChI=1S/C17H23N5O3/c1-11-16(23)18-9-14(20-11)13-8-19-22(3)15(13)10-25-17(24)21(2)12-6-4-5-7-12/h8-9,12H,4-7,10H2,1-3H3,(H,18,23). The van der Waals surface area contributed by atoms with Gasteiger partial charge in [-0.05, 0) is 19.8 Å². The minimum atomic E-state index is -0.327. The Morgan fingerprint density at radius 3 is 2.80 bits per heavy atom. The lowest BCUT2D eigenvalue weighted by atomic mass is 10.2. The lowest BCUT2D eigenvalue weighted by molar-refractivity contribution is 0.0899. The molecule has 0 unspecified atom stereocenters. The first-order valence-electron chi connectivity index (χ1n) is 8.40. The number of aryl methyl sites for hydroxylation is 2. The minimum absolute atomic E-state index is 0.0983. The van der Waals surface area contributed by atoms with Gasteiger partial charge in [-0.2, -0.15) is 5.10 Å². The Hall–Kier alpha value is -2.64. The molecule has 0 bridgehead atoms. The zero-order chi connectivity index (χ0) is 18.0. The van der Waals surface area contributed by atoms with Gasteiger partial charge >= 0.3 is 6.09 Å². The van der Waals surface area contributed by atoms with E-state index in [2.05, 4.69) is 15.1 Å². The lowest BCUT2D eigenvalue weighted by Gasteiger charge is -2.23. The third-order valence-electron chi connectivity index (χ3n) is 4.75. The van der Waals surface area contributed by atoms with E-state index in [4.69, 9.17) is 4.74 Å². The zero-order valence-electron chi connectivity index (χ0n) is 14.8. The highest BCUT2D eigenvalue weighted by Crippen LogP contribution is 2.25. The van der Waals surface area contributed by atoms with E-state index in [-0.39, 0.29) is 24.6 Å². The Morgan fingerprint density at radius 2 is 2.12 bits per heavy atom. The monoisotopic (exact) mass is 345 g/mol. The van der Waals surface area contributed by atoms with Crippen LogP contribution in [0, 0.1) is 6.92 Å². The van der Waals surface area contributed by atoms with Gasteiger partial charge in [0.15, 0.2) is 0 Å². The molecule has 0 radical (unpaired) electrons. The van der Waals surface area contributed by atoms with Gasteiger partial charge in [0, 0.05) is 25.7 Å². The highest BCUT2D eigenvalue weighted by Gasteiger charge is 2.25. The largest absolute Gasteiger partial charge is 0.492 e. The maximum absolute atomic E-state index is 12.3. The average Bonchev–Trinajstić information content (AvgIpc) is 3.24. The molecule has 2 aromatic heterocycles. The minimum Gasteiger partial charge on any atom is -0.492 e. The molecule has 8 heteroatoms. The second kappa shape index (κ2) is 7.08. The van der Waals surface area contributed by atoms with Crippen molar-refractivity contribution in [2.75, 3.05) is 7.05 Å². The van der Waals surface area contributed by atoms with Crippen LogP contribution in [-0.4, -0.2) is 48.9 Å². The Bertz CT molecular complexity index is 768. The molecular weight excluding hydrogens is 322 g/mol. The van der Waals surface area contributed by atoms with Crippen molar-refractivity contribution in [1.82, 2.24) is 24.6 Å². The molecule has 2 heterocycles. The highest BCUT2D eigenvalue weighted by molar-refractivity contribution is 5.68. The van der Waals surface area contributed by atoms with E-state index in [9.17, 15) is 9.90 Å². The normalized spacial score (nSPS) is 14.7. The van der Waals surface area contributed by atoms with Crippen molar-refractivity contribution in [3.63, 3.8) is 0 Å². The molecule has 0 atom stereocenters. The number of carbonyl (C=O) groups excluding carboxylic acids is 1. The van der Waals surface area contributed by atoms with Gasteiger partial charge in [-0.3, -0.25) is 4.68 Å². The molecule has 134 valence electrons. The third kappa shape index (κ3) is 3.57. The van der Waals surface area contributed by atoms with Crippen LogP contribution in [0.4, 0.5) is 4.79 Å². The molecule has 1 aliphatic carbocycles. The summed E-state index contributed by atoms with van der Waals surface area (Å²) in [7, 11) is 3.57. The van der Waals surface area contributed by atoms with Crippen LogP contribution < -0.4 is 0 Å². The average molecular weight is 345 g/mol. The molecule has 0 aliphatic heterocycles. The maximum atomic E-state index is 12.3. The van der Waals surface area contributed by atoms with Crippen molar-refractivity contribution in [2.45, 2.75) is 45.3 Å². The Balaban J connectivity index is 1.73. The molecule has 3 rings (SSSR count). The molecule has 0 saturated heterocycles. The number of ether oxygens (including phenoxy) is 1. The fourth-order valence-electron chi connectivity index (χ4n) is 3.13. The van der Waals surface area contributed by atoms with E-state index >= 15 is 0 Å². The van der Waals surface area contributed by atoms with Crippen LogP contribution in [0.15, 0.2) is 12.4 Å². The number of hydrogen-bond donors (Lipinski definition) is 1. The number of nitrogens with zero attached hydrogens (tertiary/aromatic N) is 5. The highest BCUT2D eigenvalue weighted by atomic mass is 16.6. The Morgan fingerprint density at radius 1 is 1.40 bits per heavy atom. The summed E-state index contributed by atoms with van der Waals surface area (Å²) in [6, 6.07) is 0.268. The van der Waals surface area contributed by atoms with Crippen LogP contribution in [-0.2, 0) is 18.4 Å². The molecule has 0 aromatic carbocycles. The second-order valence-electron chi connectivity index (χ2n) is 6.40. The van der Waals surface area contributed by atoms with Gasteiger partial charge in [0.05, 0.1) is 29.5 Å². The molecule has 2 aromatic rings. The van der Waals surface area contributed by atoms with E-state index < -0.39 is 0 Å². The fraction of sp³-hybridized carbons (Fsp3) is 0.529. The molecule has 25 heavy (non-hydrogen) atoms. The van der Waals surface area contributed by atoms with Gasteiger partial charge in [-0.15, -0.1) is 0 Å². The number of hydrogen-bond acceptors (Lipinski definition) is 6. The van der Waals surface area contributed by atoms with E-state index in [0.717, 1.165) is 36.9 Å². The second-order valence-corrected chi connectivity index (χ2v) is 6.40. The number of amides is 1. The van der Waals surface area contributed by atoms with Crippen molar-refractivity contribution < 1.29 is 14.6 Å². The van der Waals surface area contributed by atoms with Gasteiger partial charge in [0.25, 0.3) is 0 Å². The topological polar surface area (TPSA) is 93.4 Å². The van der Waals surface area contributed by atoms with Crippen molar-refractivity contribution >= 4 is 6.09 Å². The number of aromatic nitrogens is 4. The third-order valence-corrected chi connectivity index (χ3v) is 4.75. The van der Waals surface area contributed by atoms with Gasteiger partial charge in [-0.1, -0.05) is 12.8 Å². The van der Waals surface area contributed by atoms with Crippen LogP contribution in [0.25, 0.3) is 11.3 Å². The molecule has 1 saturated carbocycles. The summed E-state index contributed by atoms with van der Waals surface area (Å²) in [5.74, 6) is -0.0983. The van der Waals surface area contributed by atoms with E-state index in [1.54, 1.807) is 36.8 Å².